The lowest BCUT2D eigenvalue weighted by Gasteiger charge is -2.18. The van der Waals surface area contributed by atoms with Gasteiger partial charge in [-0.2, -0.15) is 4.31 Å². The van der Waals surface area contributed by atoms with Crippen molar-refractivity contribution in [3.8, 4) is 0 Å². The minimum Gasteiger partial charge on any atom is -0.341 e. The molecule has 2 saturated heterocycles. The molecule has 3 heterocycles. The van der Waals surface area contributed by atoms with Crippen LogP contribution in [0.1, 0.15) is 25.7 Å². The van der Waals surface area contributed by atoms with Crippen LogP contribution in [0.2, 0.25) is 0 Å². The first-order valence-corrected chi connectivity index (χ1v) is 11.3. The third-order valence-electron chi connectivity index (χ3n) is 5.78. The Morgan fingerprint density at radius 3 is 2.28 bits per heavy atom. The zero-order chi connectivity index (χ0) is 20.8. The molecule has 0 radical (unpaired) electrons. The summed E-state index contributed by atoms with van der Waals surface area (Å²) in [5, 5.41) is 0.113. The topological polar surface area (TPSA) is 102 Å². The Morgan fingerprint density at radius 1 is 1.00 bits per heavy atom. The Morgan fingerprint density at radius 2 is 1.62 bits per heavy atom. The van der Waals surface area contributed by atoms with Crippen molar-refractivity contribution >= 4 is 26.8 Å². The fourth-order valence-electron chi connectivity index (χ4n) is 4.07. The third kappa shape index (κ3) is 3.40. The predicted octanol–water partition coefficient (Wildman–Crippen LogP) is 0.107. The maximum Gasteiger partial charge on any atom is 0.331 e. The molecule has 156 valence electrons. The third-order valence-corrected chi connectivity index (χ3v) is 7.67. The van der Waals surface area contributed by atoms with Gasteiger partial charge in [-0.15, -0.1) is 0 Å². The number of hydrogen-bond acceptors (Lipinski definition) is 5. The van der Waals surface area contributed by atoms with Crippen LogP contribution in [0.4, 0.5) is 0 Å². The van der Waals surface area contributed by atoms with E-state index in [-0.39, 0.29) is 22.7 Å². The van der Waals surface area contributed by atoms with Crippen molar-refractivity contribution in [3.63, 3.8) is 0 Å². The van der Waals surface area contributed by atoms with E-state index in [1.807, 2.05) is 0 Å². The largest absolute Gasteiger partial charge is 0.341 e. The highest BCUT2D eigenvalue weighted by atomic mass is 32.2. The summed E-state index contributed by atoms with van der Waals surface area (Å²) in [4.78, 5) is 39.8. The first-order chi connectivity index (χ1) is 13.8. The van der Waals surface area contributed by atoms with Gasteiger partial charge < -0.3 is 4.90 Å². The molecule has 0 unspecified atom stereocenters. The molecule has 9 nitrogen and oxygen atoms in total. The molecule has 0 atom stereocenters. The van der Waals surface area contributed by atoms with Crippen LogP contribution < -0.4 is 11.2 Å². The van der Waals surface area contributed by atoms with Crippen LogP contribution in [0.25, 0.3) is 10.9 Å². The lowest BCUT2D eigenvalue weighted by atomic mass is 10.2. The van der Waals surface area contributed by atoms with Crippen molar-refractivity contribution in [2.24, 2.45) is 7.05 Å². The van der Waals surface area contributed by atoms with Gasteiger partial charge in [0.15, 0.2) is 0 Å². The summed E-state index contributed by atoms with van der Waals surface area (Å²) >= 11 is 0. The first-order valence-electron chi connectivity index (χ1n) is 9.82. The Balaban J connectivity index is 1.80. The SMILES string of the molecule is Cn1c(=O)n(CC(=O)N2CCCC2)c(=O)c2cc(S(=O)(=O)N3CCCC3)ccc21. The van der Waals surface area contributed by atoms with Gasteiger partial charge in [0.25, 0.3) is 5.56 Å². The molecule has 1 aromatic carbocycles. The maximum atomic E-state index is 13.0. The fraction of sp³-hybridized carbons (Fsp3) is 0.526. The normalized spacial score (nSPS) is 18.0. The molecule has 0 bridgehead atoms. The van der Waals surface area contributed by atoms with Crippen LogP contribution in [0.3, 0.4) is 0 Å². The van der Waals surface area contributed by atoms with Crippen LogP contribution in [-0.4, -0.2) is 58.8 Å². The summed E-state index contributed by atoms with van der Waals surface area (Å²) in [7, 11) is -2.19. The molecule has 0 N–H and O–H groups in total. The van der Waals surface area contributed by atoms with Gasteiger partial charge >= 0.3 is 5.69 Å². The van der Waals surface area contributed by atoms with E-state index in [2.05, 4.69) is 0 Å². The molecule has 0 aliphatic carbocycles. The van der Waals surface area contributed by atoms with Crippen molar-refractivity contribution in [2.75, 3.05) is 26.2 Å². The van der Waals surface area contributed by atoms with Crippen LogP contribution in [0.5, 0.6) is 0 Å². The first kappa shape index (κ1) is 19.8. The van der Waals surface area contributed by atoms with Crippen molar-refractivity contribution in [1.29, 1.82) is 0 Å². The number of likely N-dealkylation sites (tertiary alicyclic amines) is 1. The van der Waals surface area contributed by atoms with Crippen LogP contribution >= 0.6 is 0 Å². The second-order valence-corrected chi connectivity index (χ2v) is 9.55. The lowest BCUT2D eigenvalue weighted by molar-refractivity contribution is -0.130. The number of fused-ring (bicyclic) bond motifs is 1. The molecule has 2 aromatic rings. The Hall–Kier alpha value is -2.46. The average Bonchev–Trinajstić information content (AvgIpc) is 3.43. The van der Waals surface area contributed by atoms with Gasteiger partial charge in [0.1, 0.15) is 6.54 Å². The number of hydrogen-bond donors (Lipinski definition) is 0. The second kappa shape index (κ2) is 7.42. The number of amides is 1. The van der Waals surface area contributed by atoms with Crippen molar-refractivity contribution in [2.45, 2.75) is 37.1 Å². The highest BCUT2D eigenvalue weighted by Gasteiger charge is 2.28. The molecule has 2 aliphatic rings. The summed E-state index contributed by atoms with van der Waals surface area (Å²) < 4.78 is 29.3. The zero-order valence-corrected chi connectivity index (χ0v) is 17.2. The molecule has 4 rings (SSSR count). The summed E-state index contributed by atoms with van der Waals surface area (Å²) in [6.07, 6.45) is 3.45. The maximum absolute atomic E-state index is 13.0. The van der Waals surface area contributed by atoms with E-state index in [4.69, 9.17) is 0 Å². The minimum absolute atomic E-state index is 0.0278. The number of nitrogens with zero attached hydrogens (tertiary/aromatic N) is 4. The van der Waals surface area contributed by atoms with Gasteiger partial charge in [0.05, 0.1) is 15.8 Å². The van der Waals surface area contributed by atoms with E-state index in [1.54, 1.807) is 4.90 Å². The van der Waals surface area contributed by atoms with Gasteiger partial charge in [0, 0.05) is 33.2 Å². The number of sulfonamides is 1. The second-order valence-electron chi connectivity index (χ2n) is 7.61. The average molecular weight is 420 g/mol. The van der Waals surface area contributed by atoms with Gasteiger partial charge in [-0.05, 0) is 43.9 Å². The van der Waals surface area contributed by atoms with E-state index >= 15 is 0 Å². The minimum atomic E-state index is -3.70. The van der Waals surface area contributed by atoms with E-state index < -0.39 is 21.3 Å². The van der Waals surface area contributed by atoms with Crippen molar-refractivity contribution in [3.05, 3.63) is 39.0 Å². The molecule has 10 heteroatoms. The Labute approximate surface area is 168 Å². The van der Waals surface area contributed by atoms with Gasteiger partial charge in [-0.1, -0.05) is 0 Å². The highest BCUT2D eigenvalue weighted by molar-refractivity contribution is 7.89. The quantitative estimate of drug-likeness (QED) is 0.699. The van der Waals surface area contributed by atoms with Crippen molar-refractivity contribution in [1.82, 2.24) is 18.3 Å². The van der Waals surface area contributed by atoms with E-state index in [0.717, 1.165) is 30.3 Å². The number of carbonyl (C=O) groups is 1. The predicted molar refractivity (Wildman–Crippen MR) is 107 cm³/mol. The van der Waals surface area contributed by atoms with Crippen LogP contribution in [-0.2, 0) is 28.4 Å². The van der Waals surface area contributed by atoms with E-state index in [9.17, 15) is 22.8 Å². The summed E-state index contributed by atoms with van der Waals surface area (Å²) in [6.45, 7) is 1.83. The smallest absolute Gasteiger partial charge is 0.331 e. The van der Waals surface area contributed by atoms with Gasteiger partial charge in [-0.3, -0.25) is 18.7 Å². The van der Waals surface area contributed by atoms with E-state index in [1.165, 1.54) is 34.1 Å². The fourth-order valence-corrected chi connectivity index (χ4v) is 5.62. The van der Waals surface area contributed by atoms with E-state index in [0.29, 0.717) is 31.7 Å². The number of carbonyl (C=O) groups excluding carboxylic acids is 1. The molecule has 2 fully saturated rings. The van der Waals surface area contributed by atoms with Crippen molar-refractivity contribution < 1.29 is 13.2 Å². The molecular weight excluding hydrogens is 396 g/mol. The summed E-state index contributed by atoms with van der Waals surface area (Å²) in [6, 6.07) is 4.23. The lowest BCUT2D eigenvalue weighted by Crippen LogP contribution is -2.43. The summed E-state index contributed by atoms with van der Waals surface area (Å²) in [5.41, 5.74) is -0.899. The standard InChI is InChI=1S/C19H24N4O5S/c1-20-16-7-6-14(29(27,28)22-10-4-5-11-22)12-15(16)18(25)23(19(20)26)13-17(24)21-8-2-3-9-21/h6-7,12H,2-5,8-11,13H2,1H3. The molecule has 1 aromatic heterocycles. The number of aryl methyl sites for hydroxylation is 1. The van der Waals surface area contributed by atoms with Gasteiger partial charge in [-0.25, -0.2) is 13.2 Å². The molecule has 0 spiro atoms. The monoisotopic (exact) mass is 420 g/mol. The van der Waals surface area contributed by atoms with Crippen LogP contribution in [0.15, 0.2) is 32.7 Å². The Bertz CT molecular complexity index is 1190. The zero-order valence-electron chi connectivity index (χ0n) is 16.3. The molecular formula is C19H24N4O5S. The summed E-state index contributed by atoms with van der Waals surface area (Å²) in [5.74, 6) is -0.276. The molecule has 1 amide bonds. The number of benzene rings is 1. The van der Waals surface area contributed by atoms with Crippen LogP contribution in [0, 0.1) is 0 Å². The molecule has 0 saturated carbocycles. The molecule has 29 heavy (non-hydrogen) atoms. The number of rotatable bonds is 4. The number of aromatic nitrogens is 2. The van der Waals surface area contributed by atoms with Gasteiger partial charge in [0.2, 0.25) is 15.9 Å². The molecule has 2 aliphatic heterocycles. The Kier molecular flexibility index (Phi) is 5.07. The highest BCUT2D eigenvalue weighted by Crippen LogP contribution is 2.23.